The van der Waals surface area contributed by atoms with Gasteiger partial charge in [-0.3, -0.25) is 4.79 Å². The molecular formula is C22H23ClN2O5S. The van der Waals surface area contributed by atoms with E-state index in [0.29, 0.717) is 49.6 Å². The van der Waals surface area contributed by atoms with E-state index in [2.05, 4.69) is 4.72 Å². The number of para-hydroxylation sites is 1. The largest absolute Gasteiger partial charge is 0.495 e. The predicted molar refractivity (Wildman–Crippen MR) is 118 cm³/mol. The monoisotopic (exact) mass is 462 g/mol. The second-order valence-corrected chi connectivity index (χ2v) is 9.71. The molecule has 0 atom stereocenters. The van der Waals surface area contributed by atoms with Gasteiger partial charge in [0.25, 0.3) is 5.91 Å². The molecule has 1 aromatic heterocycles. The fraction of sp³-hybridized carbons (Fsp3) is 0.318. The Bertz CT molecular complexity index is 1170. The number of piperidine rings is 1. The maximum atomic E-state index is 12.8. The number of nitrogens with one attached hydrogen (secondary N) is 1. The molecular weight excluding hydrogens is 440 g/mol. The third-order valence-electron chi connectivity index (χ3n) is 5.53. The van der Waals surface area contributed by atoms with Gasteiger partial charge in [-0.1, -0.05) is 29.8 Å². The maximum Gasteiger partial charge on any atom is 0.289 e. The normalized spacial score (nSPS) is 15.4. The Morgan fingerprint density at radius 2 is 1.94 bits per heavy atom. The molecule has 31 heavy (non-hydrogen) atoms. The molecule has 0 bridgehead atoms. The molecule has 7 nitrogen and oxygen atoms in total. The molecule has 1 aliphatic heterocycles. The van der Waals surface area contributed by atoms with Crippen molar-refractivity contribution in [1.29, 1.82) is 0 Å². The average molecular weight is 463 g/mol. The first-order valence-corrected chi connectivity index (χ1v) is 11.8. The summed E-state index contributed by atoms with van der Waals surface area (Å²) < 4.78 is 38.6. The topological polar surface area (TPSA) is 88.9 Å². The van der Waals surface area contributed by atoms with Crippen molar-refractivity contribution in [3.63, 3.8) is 0 Å². The SMILES string of the molecule is COc1ccc(S(=O)(=O)NCC2CCN(C(=O)c3cc4ccccc4o3)CC2)cc1Cl. The lowest BCUT2D eigenvalue weighted by Gasteiger charge is -2.31. The van der Waals surface area contributed by atoms with Crippen LogP contribution in [-0.2, 0) is 10.0 Å². The standard InChI is InChI=1S/C22H23ClN2O5S/c1-29-20-7-6-17(13-18(20)23)31(27,28)24-14-15-8-10-25(11-9-15)22(26)21-12-16-4-2-3-5-19(16)30-21/h2-7,12-13,15,24H,8-11,14H2,1H3. The van der Waals surface area contributed by atoms with Crippen LogP contribution in [-0.4, -0.2) is 46.0 Å². The molecule has 164 valence electrons. The van der Waals surface area contributed by atoms with Crippen LogP contribution in [0.15, 0.2) is 57.8 Å². The van der Waals surface area contributed by atoms with Crippen molar-refractivity contribution in [2.75, 3.05) is 26.7 Å². The smallest absolute Gasteiger partial charge is 0.289 e. The highest BCUT2D eigenvalue weighted by atomic mass is 35.5. The zero-order valence-electron chi connectivity index (χ0n) is 17.0. The number of carbonyl (C=O) groups is 1. The predicted octanol–water partition coefficient (Wildman–Crippen LogP) is 3.93. The Hall–Kier alpha value is -2.55. The van der Waals surface area contributed by atoms with E-state index in [0.717, 1.165) is 5.39 Å². The van der Waals surface area contributed by atoms with E-state index in [1.54, 1.807) is 11.0 Å². The number of nitrogens with zero attached hydrogens (tertiary/aromatic N) is 1. The summed E-state index contributed by atoms with van der Waals surface area (Å²) in [6.45, 7) is 1.41. The van der Waals surface area contributed by atoms with Crippen LogP contribution >= 0.6 is 11.6 Å². The summed E-state index contributed by atoms with van der Waals surface area (Å²) in [5, 5.41) is 1.14. The summed E-state index contributed by atoms with van der Waals surface area (Å²) >= 11 is 6.04. The lowest BCUT2D eigenvalue weighted by Crippen LogP contribution is -2.41. The van der Waals surface area contributed by atoms with Crippen molar-refractivity contribution in [1.82, 2.24) is 9.62 Å². The Kier molecular flexibility index (Phi) is 6.22. The highest BCUT2D eigenvalue weighted by Crippen LogP contribution is 2.27. The lowest BCUT2D eigenvalue weighted by molar-refractivity contribution is 0.0662. The van der Waals surface area contributed by atoms with Crippen molar-refractivity contribution < 1.29 is 22.4 Å². The summed E-state index contributed by atoms with van der Waals surface area (Å²) in [6, 6.07) is 13.6. The highest BCUT2D eigenvalue weighted by Gasteiger charge is 2.27. The Labute approximate surface area is 186 Å². The fourth-order valence-electron chi connectivity index (χ4n) is 3.71. The van der Waals surface area contributed by atoms with E-state index < -0.39 is 10.0 Å². The number of benzene rings is 2. The summed E-state index contributed by atoms with van der Waals surface area (Å²) in [4.78, 5) is 14.6. The first-order chi connectivity index (χ1) is 14.9. The third kappa shape index (κ3) is 4.71. The van der Waals surface area contributed by atoms with Crippen LogP contribution in [0.5, 0.6) is 5.75 Å². The number of fused-ring (bicyclic) bond motifs is 1. The third-order valence-corrected chi connectivity index (χ3v) is 7.25. The van der Waals surface area contributed by atoms with Gasteiger partial charge in [-0.15, -0.1) is 0 Å². The maximum absolute atomic E-state index is 12.8. The summed E-state index contributed by atoms with van der Waals surface area (Å²) in [7, 11) is -2.21. The second-order valence-electron chi connectivity index (χ2n) is 7.53. The molecule has 4 rings (SSSR count). The molecule has 1 saturated heterocycles. The fourth-order valence-corrected chi connectivity index (χ4v) is 5.17. The number of sulfonamides is 1. The minimum atomic E-state index is -3.68. The van der Waals surface area contributed by atoms with Crippen LogP contribution in [0.4, 0.5) is 0 Å². The Morgan fingerprint density at radius 3 is 2.61 bits per heavy atom. The molecule has 0 saturated carbocycles. The molecule has 9 heteroatoms. The summed E-state index contributed by atoms with van der Waals surface area (Å²) in [5.74, 6) is 0.755. The van der Waals surface area contributed by atoms with Gasteiger partial charge in [0.05, 0.1) is 17.0 Å². The van der Waals surface area contributed by atoms with Gasteiger partial charge >= 0.3 is 0 Å². The van der Waals surface area contributed by atoms with E-state index in [-0.39, 0.29) is 21.7 Å². The van der Waals surface area contributed by atoms with Gasteiger partial charge in [0.15, 0.2) is 5.76 Å². The summed E-state index contributed by atoms with van der Waals surface area (Å²) in [6.07, 6.45) is 1.41. The van der Waals surface area contributed by atoms with Gasteiger partial charge in [-0.05, 0) is 49.1 Å². The molecule has 1 amide bonds. The number of methoxy groups -OCH3 is 1. The van der Waals surface area contributed by atoms with Gasteiger partial charge < -0.3 is 14.1 Å². The summed E-state index contributed by atoms with van der Waals surface area (Å²) in [5.41, 5.74) is 0.689. The van der Waals surface area contributed by atoms with Gasteiger partial charge in [-0.25, -0.2) is 13.1 Å². The number of furan rings is 1. The first kappa shape index (κ1) is 21.7. The molecule has 3 aromatic rings. The number of halogens is 1. The van der Waals surface area contributed by atoms with Crippen LogP contribution in [0.3, 0.4) is 0 Å². The van der Waals surface area contributed by atoms with E-state index >= 15 is 0 Å². The minimum Gasteiger partial charge on any atom is -0.495 e. The van der Waals surface area contributed by atoms with Crippen LogP contribution < -0.4 is 9.46 Å². The van der Waals surface area contributed by atoms with E-state index in [4.69, 9.17) is 20.8 Å². The van der Waals surface area contributed by atoms with Crippen molar-refractivity contribution in [2.45, 2.75) is 17.7 Å². The number of amides is 1. The van der Waals surface area contributed by atoms with Crippen molar-refractivity contribution in [3.8, 4) is 5.75 Å². The highest BCUT2D eigenvalue weighted by molar-refractivity contribution is 7.89. The molecule has 0 radical (unpaired) electrons. The molecule has 1 aliphatic rings. The number of ether oxygens (including phenoxy) is 1. The number of hydrogen-bond donors (Lipinski definition) is 1. The van der Waals surface area contributed by atoms with Crippen LogP contribution in [0.2, 0.25) is 5.02 Å². The quantitative estimate of drug-likeness (QED) is 0.599. The van der Waals surface area contributed by atoms with E-state index in [1.807, 2.05) is 24.3 Å². The van der Waals surface area contributed by atoms with Crippen molar-refractivity contribution >= 4 is 38.5 Å². The van der Waals surface area contributed by atoms with Crippen molar-refractivity contribution in [2.24, 2.45) is 5.92 Å². The molecule has 2 heterocycles. The van der Waals surface area contributed by atoms with Gasteiger partial charge in [0, 0.05) is 25.0 Å². The number of rotatable bonds is 6. The first-order valence-electron chi connectivity index (χ1n) is 9.98. The van der Waals surface area contributed by atoms with Crippen LogP contribution in [0.25, 0.3) is 11.0 Å². The molecule has 0 unspecified atom stereocenters. The van der Waals surface area contributed by atoms with E-state index in [9.17, 15) is 13.2 Å². The number of hydrogen-bond acceptors (Lipinski definition) is 5. The molecule has 1 fully saturated rings. The zero-order valence-corrected chi connectivity index (χ0v) is 18.6. The second kappa shape index (κ2) is 8.90. The molecule has 1 N–H and O–H groups in total. The average Bonchev–Trinajstić information content (AvgIpc) is 3.22. The van der Waals surface area contributed by atoms with Crippen LogP contribution in [0.1, 0.15) is 23.4 Å². The molecule has 2 aromatic carbocycles. The van der Waals surface area contributed by atoms with Gasteiger partial charge in [0.1, 0.15) is 11.3 Å². The number of likely N-dealkylation sites (tertiary alicyclic amines) is 1. The Balaban J connectivity index is 1.32. The Morgan fingerprint density at radius 1 is 1.19 bits per heavy atom. The van der Waals surface area contributed by atoms with E-state index in [1.165, 1.54) is 25.3 Å². The van der Waals surface area contributed by atoms with Gasteiger partial charge in [-0.2, -0.15) is 0 Å². The van der Waals surface area contributed by atoms with Gasteiger partial charge in [0.2, 0.25) is 10.0 Å². The minimum absolute atomic E-state index is 0.0933. The zero-order chi connectivity index (χ0) is 22.0. The molecule has 0 spiro atoms. The molecule has 0 aliphatic carbocycles. The van der Waals surface area contributed by atoms with Crippen molar-refractivity contribution in [3.05, 3.63) is 59.3 Å². The number of carbonyl (C=O) groups excluding carboxylic acids is 1. The van der Waals surface area contributed by atoms with Crippen LogP contribution in [0, 0.1) is 5.92 Å². The lowest BCUT2D eigenvalue weighted by atomic mass is 9.97.